The van der Waals surface area contributed by atoms with Gasteiger partial charge >= 0.3 is 0 Å². The molecule has 0 aliphatic carbocycles. The molecule has 6 nitrogen and oxygen atoms in total. The van der Waals surface area contributed by atoms with Gasteiger partial charge in [-0.25, -0.2) is 9.98 Å². The molecular formula is C29H21N5OS. The van der Waals surface area contributed by atoms with E-state index in [-0.39, 0.29) is 5.91 Å². The number of benzene rings is 3. The van der Waals surface area contributed by atoms with Gasteiger partial charge in [0, 0.05) is 0 Å². The van der Waals surface area contributed by atoms with Crippen molar-refractivity contribution in [2.24, 2.45) is 4.99 Å². The highest BCUT2D eigenvalue weighted by Gasteiger charge is 2.30. The third-order valence-corrected chi connectivity index (χ3v) is 6.77. The summed E-state index contributed by atoms with van der Waals surface area (Å²) in [5.41, 5.74) is 5.36. The number of hydrogen-bond acceptors (Lipinski definition) is 5. The van der Waals surface area contributed by atoms with Crippen molar-refractivity contribution in [2.45, 2.75) is 0 Å². The van der Waals surface area contributed by atoms with Gasteiger partial charge in [0.25, 0.3) is 0 Å². The Labute approximate surface area is 212 Å². The van der Waals surface area contributed by atoms with E-state index >= 15 is 0 Å². The van der Waals surface area contributed by atoms with Crippen molar-refractivity contribution in [2.75, 3.05) is 10.7 Å². The summed E-state index contributed by atoms with van der Waals surface area (Å²) >= 11 is 1.41. The zero-order valence-electron chi connectivity index (χ0n) is 19.2. The number of H-pyrrole nitrogens is 1. The lowest BCUT2D eigenvalue weighted by atomic mass is 10.0. The van der Waals surface area contributed by atoms with Crippen LogP contribution in [0.15, 0.2) is 102 Å². The number of carbonyl (C=O) groups is 1. The third-order valence-electron chi connectivity index (χ3n) is 5.84. The molecule has 36 heavy (non-hydrogen) atoms. The molecule has 7 heteroatoms. The summed E-state index contributed by atoms with van der Waals surface area (Å²) in [6.07, 6.45) is 4.04. The molecular weight excluding hydrogens is 466 g/mol. The Morgan fingerprint density at radius 3 is 2.33 bits per heavy atom. The van der Waals surface area contributed by atoms with E-state index in [2.05, 4.69) is 40.5 Å². The maximum Gasteiger partial charge on any atom is 0.243 e. The van der Waals surface area contributed by atoms with Crippen molar-refractivity contribution < 1.29 is 4.79 Å². The average Bonchev–Trinajstić information content (AvgIpc) is 3.51. The molecule has 174 valence electrons. The lowest BCUT2D eigenvalue weighted by Gasteiger charge is -2.15. The van der Waals surface area contributed by atoms with Gasteiger partial charge in [-0.05, 0) is 41.0 Å². The van der Waals surface area contributed by atoms with E-state index in [0.717, 1.165) is 33.5 Å². The molecule has 0 saturated carbocycles. The van der Waals surface area contributed by atoms with Crippen LogP contribution in [0.25, 0.3) is 34.3 Å². The minimum Gasteiger partial charge on any atom is -0.273 e. The monoisotopic (exact) mass is 487 g/mol. The standard InChI is InChI=1S/C29H21N5OS/c35-25-19-36-29(34(25)23-14-8-3-9-15-23)31-28-26-24(21-12-6-2-7-13-21)18-22(30-27(26)32-33-28)17-16-20-10-4-1-5-11-20/h1-18H,19H2,(H,30,32,33)/b17-16+,31-29?. The van der Waals surface area contributed by atoms with Gasteiger partial charge < -0.3 is 0 Å². The van der Waals surface area contributed by atoms with Crippen LogP contribution in [-0.4, -0.2) is 32.0 Å². The van der Waals surface area contributed by atoms with E-state index in [1.165, 1.54) is 11.8 Å². The molecule has 6 rings (SSSR count). The number of para-hydroxylation sites is 1. The summed E-state index contributed by atoms with van der Waals surface area (Å²) in [6, 6.07) is 31.9. The Kier molecular flexibility index (Phi) is 5.89. The van der Waals surface area contributed by atoms with Crippen molar-refractivity contribution in [1.82, 2.24) is 15.2 Å². The number of nitrogens with zero attached hydrogens (tertiary/aromatic N) is 4. The predicted molar refractivity (Wildman–Crippen MR) is 148 cm³/mol. The normalized spacial score (nSPS) is 14.9. The fourth-order valence-corrected chi connectivity index (χ4v) is 5.03. The van der Waals surface area contributed by atoms with Crippen LogP contribution in [-0.2, 0) is 4.79 Å². The number of carbonyl (C=O) groups excluding carboxylic acids is 1. The molecule has 0 bridgehead atoms. The van der Waals surface area contributed by atoms with Crippen molar-refractivity contribution in [3.8, 4) is 11.1 Å². The molecule has 0 unspecified atom stereocenters. The van der Waals surface area contributed by atoms with E-state index < -0.39 is 0 Å². The minimum absolute atomic E-state index is 0.000431. The van der Waals surface area contributed by atoms with Gasteiger partial charge in [-0.2, -0.15) is 5.10 Å². The summed E-state index contributed by atoms with van der Waals surface area (Å²) in [5, 5.41) is 8.99. The van der Waals surface area contributed by atoms with Gasteiger partial charge in [-0.1, -0.05) is 96.7 Å². The van der Waals surface area contributed by atoms with Gasteiger partial charge in [0.15, 0.2) is 16.6 Å². The number of amidine groups is 1. The average molecular weight is 488 g/mol. The van der Waals surface area contributed by atoms with Gasteiger partial charge in [0.05, 0.1) is 22.5 Å². The zero-order valence-corrected chi connectivity index (χ0v) is 20.0. The molecule has 1 amide bonds. The number of fused-ring (bicyclic) bond motifs is 1. The van der Waals surface area contributed by atoms with Crippen LogP contribution in [0, 0.1) is 0 Å². The molecule has 0 spiro atoms. The first-order valence-electron chi connectivity index (χ1n) is 11.5. The molecule has 3 heterocycles. The lowest BCUT2D eigenvalue weighted by Crippen LogP contribution is -2.28. The van der Waals surface area contributed by atoms with Crippen LogP contribution in [0.4, 0.5) is 11.5 Å². The van der Waals surface area contributed by atoms with Crippen LogP contribution in [0.1, 0.15) is 11.3 Å². The smallest absolute Gasteiger partial charge is 0.243 e. The first kappa shape index (κ1) is 22.0. The number of aromatic amines is 1. The summed E-state index contributed by atoms with van der Waals surface area (Å²) in [4.78, 5) is 24.0. The number of thioether (sulfide) groups is 1. The van der Waals surface area contributed by atoms with Crippen LogP contribution in [0.3, 0.4) is 0 Å². The fraction of sp³-hybridized carbons (Fsp3) is 0.0345. The third kappa shape index (κ3) is 4.32. The molecule has 5 aromatic rings. The Morgan fingerprint density at radius 2 is 1.58 bits per heavy atom. The van der Waals surface area contributed by atoms with Crippen LogP contribution >= 0.6 is 11.8 Å². The van der Waals surface area contributed by atoms with E-state index in [4.69, 9.17) is 9.98 Å². The van der Waals surface area contributed by atoms with Gasteiger partial charge in [0.1, 0.15) is 0 Å². The second-order valence-electron chi connectivity index (χ2n) is 8.22. The lowest BCUT2D eigenvalue weighted by molar-refractivity contribution is -0.115. The minimum atomic E-state index is -0.000431. The Hall–Kier alpha value is -4.49. The van der Waals surface area contributed by atoms with Gasteiger partial charge in [-0.3, -0.25) is 14.8 Å². The van der Waals surface area contributed by atoms with Crippen LogP contribution in [0.2, 0.25) is 0 Å². The molecule has 1 aliphatic rings. The molecule has 1 N–H and O–H groups in total. The predicted octanol–water partition coefficient (Wildman–Crippen LogP) is 6.56. The number of aromatic nitrogens is 3. The summed E-state index contributed by atoms with van der Waals surface area (Å²) < 4.78 is 0. The molecule has 3 aromatic carbocycles. The van der Waals surface area contributed by atoms with Gasteiger partial charge in [0.2, 0.25) is 5.91 Å². The van der Waals surface area contributed by atoms with E-state index in [1.807, 2.05) is 78.9 Å². The second kappa shape index (κ2) is 9.64. The highest BCUT2D eigenvalue weighted by molar-refractivity contribution is 8.15. The highest BCUT2D eigenvalue weighted by Crippen LogP contribution is 2.36. The second-order valence-corrected chi connectivity index (χ2v) is 9.17. The highest BCUT2D eigenvalue weighted by atomic mass is 32.2. The fourth-order valence-electron chi connectivity index (χ4n) is 4.16. The zero-order chi connectivity index (χ0) is 24.3. The Morgan fingerprint density at radius 1 is 0.889 bits per heavy atom. The molecule has 1 aliphatic heterocycles. The number of pyridine rings is 1. The summed E-state index contributed by atoms with van der Waals surface area (Å²) in [6.45, 7) is 0. The Bertz CT molecular complexity index is 1590. The molecule has 1 saturated heterocycles. The van der Waals surface area contributed by atoms with Crippen molar-refractivity contribution in [3.05, 3.63) is 108 Å². The van der Waals surface area contributed by atoms with E-state index in [1.54, 1.807) is 4.90 Å². The summed E-state index contributed by atoms with van der Waals surface area (Å²) in [5.74, 6) is 0.849. The number of anilines is 1. The van der Waals surface area contributed by atoms with Crippen LogP contribution in [0.5, 0.6) is 0 Å². The number of nitrogens with one attached hydrogen (secondary N) is 1. The number of hydrogen-bond donors (Lipinski definition) is 1. The van der Waals surface area contributed by atoms with Gasteiger partial charge in [-0.15, -0.1) is 0 Å². The maximum absolute atomic E-state index is 12.7. The summed E-state index contributed by atoms with van der Waals surface area (Å²) in [7, 11) is 0. The van der Waals surface area contributed by atoms with Crippen molar-refractivity contribution >= 4 is 57.5 Å². The van der Waals surface area contributed by atoms with Crippen LogP contribution < -0.4 is 4.90 Å². The van der Waals surface area contributed by atoms with E-state index in [9.17, 15) is 4.79 Å². The largest absolute Gasteiger partial charge is 0.273 e. The maximum atomic E-state index is 12.7. The quantitative estimate of drug-likeness (QED) is 0.305. The van der Waals surface area contributed by atoms with Crippen molar-refractivity contribution in [1.29, 1.82) is 0 Å². The molecule has 0 radical (unpaired) electrons. The van der Waals surface area contributed by atoms with Crippen molar-refractivity contribution in [3.63, 3.8) is 0 Å². The Balaban J connectivity index is 1.47. The number of amides is 1. The SMILES string of the molecule is O=C1CSC(=Nc2n[nH]c3nc(/C=C/c4ccccc4)cc(-c4ccccc4)c23)N1c1ccccc1. The molecule has 1 fully saturated rings. The molecule has 0 atom stereocenters. The first-order chi connectivity index (χ1) is 17.8. The van der Waals surface area contributed by atoms with E-state index in [0.29, 0.717) is 22.4 Å². The topological polar surface area (TPSA) is 74.2 Å². The first-order valence-corrected chi connectivity index (χ1v) is 12.5. The number of aliphatic imine (C=N–C) groups is 1. The molecule has 2 aromatic heterocycles. The number of rotatable bonds is 5.